The molecule has 6 nitrogen and oxygen atoms in total. The van der Waals surface area contributed by atoms with Crippen molar-refractivity contribution in [1.29, 1.82) is 0 Å². The second kappa shape index (κ2) is 10.7. The highest BCUT2D eigenvalue weighted by molar-refractivity contribution is 7.91. The van der Waals surface area contributed by atoms with Gasteiger partial charge in [0.1, 0.15) is 10.6 Å². The first kappa shape index (κ1) is 23.9. The number of para-hydroxylation sites is 1. The number of benzene rings is 3. The second-order valence-corrected chi connectivity index (χ2v) is 9.57. The Bertz CT molecular complexity index is 1180. The van der Waals surface area contributed by atoms with Crippen LogP contribution in [0.25, 0.3) is 0 Å². The van der Waals surface area contributed by atoms with Gasteiger partial charge in [0.15, 0.2) is 0 Å². The van der Waals surface area contributed by atoms with Crippen LogP contribution in [0.15, 0.2) is 82.6 Å². The van der Waals surface area contributed by atoms with Crippen LogP contribution in [0.3, 0.4) is 0 Å². The maximum atomic E-state index is 13.0. The van der Waals surface area contributed by atoms with Crippen LogP contribution >= 0.6 is 11.6 Å². The molecule has 0 fully saturated rings. The number of nitrogens with one attached hydrogen (secondary N) is 1. The minimum Gasteiger partial charge on any atom is -0.425 e. The summed E-state index contributed by atoms with van der Waals surface area (Å²) in [6.07, 6.45) is -0.00869. The maximum absolute atomic E-state index is 13.0. The largest absolute Gasteiger partial charge is 0.425 e. The molecule has 2 N–H and O–H groups in total. The quantitative estimate of drug-likeness (QED) is 0.277. The van der Waals surface area contributed by atoms with Gasteiger partial charge in [-0.3, -0.25) is 4.79 Å². The Morgan fingerprint density at radius 1 is 1.06 bits per heavy atom. The van der Waals surface area contributed by atoms with Crippen LogP contribution in [0.5, 0.6) is 5.75 Å². The topological polar surface area (TPSA) is 92.7 Å². The second-order valence-electron chi connectivity index (χ2n) is 7.21. The van der Waals surface area contributed by atoms with E-state index < -0.39 is 21.9 Å². The Hall–Kier alpha value is -2.71. The van der Waals surface area contributed by atoms with Crippen LogP contribution in [-0.4, -0.2) is 32.6 Å². The molecule has 0 bridgehead atoms. The molecular formula is C24H24ClNO5S. The lowest BCUT2D eigenvalue weighted by Gasteiger charge is -2.13. The summed E-state index contributed by atoms with van der Waals surface area (Å²) in [6, 6.07) is 19.7. The summed E-state index contributed by atoms with van der Waals surface area (Å²) < 4.78 is 31.0. The minimum atomic E-state index is -3.84. The molecule has 0 heterocycles. The highest BCUT2D eigenvalue weighted by Gasteiger charge is 2.22. The summed E-state index contributed by atoms with van der Waals surface area (Å²) in [4.78, 5) is 11.4. The SMILES string of the molecule is CC(=O)Oc1ccccc1S(=O)(=O)c1ccc(CCNCC(O)c2cccc(Cl)c2)cc1. The molecule has 168 valence electrons. The number of hydrogen-bond donors (Lipinski definition) is 2. The molecule has 3 aromatic carbocycles. The van der Waals surface area contributed by atoms with E-state index in [0.717, 1.165) is 11.1 Å². The fourth-order valence-electron chi connectivity index (χ4n) is 3.18. The van der Waals surface area contributed by atoms with E-state index in [0.29, 0.717) is 24.5 Å². The Labute approximate surface area is 192 Å². The summed E-state index contributed by atoms with van der Waals surface area (Å²) in [5, 5.41) is 14.0. The lowest BCUT2D eigenvalue weighted by Crippen LogP contribution is -2.23. The van der Waals surface area contributed by atoms with Crippen molar-refractivity contribution >= 4 is 27.4 Å². The predicted octanol–water partition coefficient (Wildman–Crippen LogP) is 3.96. The van der Waals surface area contributed by atoms with Gasteiger partial charge in [-0.1, -0.05) is 48.0 Å². The summed E-state index contributed by atoms with van der Waals surface area (Å²) in [7, 11) is -3.84. The fourth-order valence-corrected chi connectivity index (χ4v) is 4.76. The lowest BCUT2D eigenvalue weighted by molar-refractivity contribution is -0.132. The number of ether oxygens (including phenoxy) is 1. The van der Waals surface area contributed by atoms with Gasteiger partial charge >= 0.3 is 5.97 Å². The normalized spacial score (nSPS) is 12.3. The summed E-state index contributed by atoms with van der Waals surface area (Å²) >= 11 is 5.95. The zero-order valence-corrected chi connectivity index (χ0v) is 19.1. The number of hydrogen-bond acceptors (Lipinski definition) is 6. The van der Waals surface area contributed by atoms with Gasteiger partial charge in [0.2, 0.25) is 9.84 Å². The first-order valence-electron chi connectivity index (χ1n) is 10.0. The third-order valence-corrected chi connectivity index (χ3v) is 6.83. The van der Waals surface area contributed by atoms with Crippen molar-refractivity contribution in [1.82, 2.24) is 5.32 Å². The number of rotatable bonds is 9. The molecule has 0 aromatic heterocycles. The van der Waals surface area contributed by atoms with Crippen molar-refractivity contribution in [2.75, 3.05) is 13.1 Å². The molecule has 32 heavy (non-hydrogen) atoms. The highest BCUT2D eigenvalue weighted by Crippen LogP contribution is 2.29. The Kier molecular flexibility index (Phi) is 8.04. The van der Waals surface area contributed by atoms with Crippen LogP contribution in [0.2, 0.25) is 5.02 Å². The van der Waals surface area contributed by atoms with E-state index in [9.17, 15) is 18.3 Å². The minimum absolute atomic E-state index is 0.00605. The first-order valence-corrected chi connectivity index (χ1v) is 11.9. The molecule has 0 aliphatic carbocycles. The van der Waals surface area contributed by atoms with Crippen molar-refractivity contribution < 1.29 is 23.1 Å². The van der Waals surface area contributed by atoms with Crippen LogP contribution in [-0.2, 0) is 21.1 Å². The molecule has 1 atom stereocenters. The smallest absolute Gasteiger partial charge is 0.308 e. The number of esters is 1. The number of halogens is 1. The monoisotopic (exact) mass is 473 g/mol. The van der Waals surface area contributed by atoms with Gasteiger partial charge in [-0.25, -0.2) is 8.42 Å². The average molecular weight is 474 g/mol. The van der Waals surface area contributed by atoms with E-state index >= 15 is 0 Å². The third kappa shape index (κ3) is 6.17. The van der Waals surface area contributed by atoms with Crippen molar-refractivity contribution in [3.8, 4) is 5.75 Å². The molecule has 1 unspecified atom stereocenters. The van der Waals surface area contributed by atoms with Crippen LogP contribution in [0, 0.1) is 0 Å². The van der Waals surface area contributed by atoms with Gasteiger partial charge in [0.25, 0.3) is 0 Å². The molecule has 0 saturated carbocycles. The molecular weight excluding hydrogens is 450 g/mol. The summed E-state index contributed by atoms with van der Waals surface area (Å²) in [6.45, 7) is 2.21. The molecule has 0 amide bonds. The number of sulfone groups is 1. The molecule has 0 radical (unpaired) electrons. The number of aliphatic hydroxyl groups is 1. The van der Waals surface area contributed by atoms with E-state index in [-0.39, 0.29) is 15.5 Å². The maximum Gasteiger partial charge on any atom is 0.308 e. The van der Waals surface area contributed by atoms with Crippen LogP contribution < -0.4 is 10.1 Å². The third-order valence-electron chi connectivity index (χ3n) is 4.79. The van der Waals surface area contributed by atoms with Gasteiger partial charge in [-0.05, 0) is 60.5 Å². The van der Waals surface area contributed by atoms with Gasteiger partial charge in [-0.15, -0.1) is 0 Å². The van der Waals surface area contributed by atoms with Crippen LogP contribution in [0.4, 0.5) is 0 Å². The average Bonchev–Trinajstić information content (AvgIpc) is 2.77. The summed E-state index contributed by atoms with van der Waals surface area (Å²) in [5.41, 5.74) is 1.69. The number of aliphatic hydroxyl groups excluding tert-OH is 1. The molecule has 0 aliphatic rings. The standard InChI is InChI=1S/C24H24ClNO5S/c1-17(27)31-23-7-2-3-8-24(23)32(29,30)21-11-9-18(10-12-21)13-14-26-16-22(28)19-5-4-6-20(25)15-19/h2-12,15,22,26,28H,13-14,16H2,1H3. The zero-order valence-electron chi connectivity index (χ0n) is 17.5. The predicted molar refractivity (Wildman–Crippen MR) is 123 cm³/mol. The van der Waals surface area contributed by atoms with Crippen molar-refractivity contribution in [3.63, 3.8) is 0 Å². The highest BCUT2D eigenvalue weighted by atomic mass is 35.5. The molecule has 8 heteroatoms. The zero-order chi connectivity index (χ0) is 23.1. The Morgan fingerprint density at radius 2 is 1.78 bits per heavy atom. The van der Waals surface area contributed by atoms with Crippen molar-refractivity contribution in [2.24, 2.45) is 0 Å². The van der Waals surface area contributed by atoms with Crippen molar-refractivity contribution in [3.05, 3.63) is 88.9 Å². The molecule has 0 spiro atoms. The first-order chi connectivity index (χ1) is 15.3. The van der Waals surface area contributed by atoms with E-state index in [1.54, 1.807) is 42.5 Å². The molecule has 3 rings (SSSR count). The van der Waals surface area contributed by atoms with Crippen LogP contribution in [0.1, 0.15) is 24.2 Å². The van der Waals surface area contributed by atoms with E-state index in [4.69, 9.17) is 16.3 Å². The molecule has 3 aromatic rings. The van der Waals surface area contributed by atoms with Gasteiger partial charge in [0, 0.05) is 18.5 Å². The van der Waals surface area contributed by atoms with E-state index in [2.05, 4.69) is 5.32 Å². The number of carbonyl (C=O) groups excluding carboxylic acids is 1. The van der Waals surface area contributed by atoms with Gasteiger partial charge < -0.3 is 15.2 Å². The Morgan fingerprint density at radius 3 is 2.47 bits per heavy atom. The fraction of sp³-hybridized carbons (Fsp3) is 0.208. The van der Waals surface area contributed by atoms with Crippen molar-refractivity contribution in [2.45, 2.75) is 29.2 Å². The Balaban J connectivity index is 1.60. The number of carbonyl (C=O) groups is 1. The molecule has 0 saturated heterocycles. The van der Waals surface area contributed by atoms with E-state index in [1.165, 1.54) is 31.2 Å². The van der Waals surface area contributed by atoms with Gasteiger partial charge in [-0.2, -0.15) is 0 Å². The lowest BCUT2D eigenvalue weighted by atomic mass is 10.1. The van der Waals surface area contributed by atoms with Gasteiger partial charge in [0.05, 0.1) is 11.0 Å². The molecule has 0 aliphatic heterocycles. The summed E-state index contributed by atoms with van der Waals surface area (Å²) in [5.74, 6) is -0.581. The van der Waals surface area contributed by atoms with E-state index in [1.807, 2.05) is 6.07 Å².